The van der Waals surface area contributed by atoms with Gasteiger partial charge in [-0.15, -0.1) is 0 Å². The summed E-state index contributed by atoms with van der Waals surface area (Å²) in [5.74, 6) is 2.59. The van der Waals surface area contributed by atoms with Crippen LogP contribution in [0.2, 0.25) is 0 Å². The molecule has 1 amide bonds. The number of nitrogens with zero attached hydrogens (tertiary/aromatic N) is 4. The first-order valence-corrected chi connectivity index (χ1v) is 11.1. The van der Waals surface area contributed by atoms with Crippen LogP contribution in [-0.4, -0.2) is 44.2 Å². The molecule has 29 heavy (non-hydrogen) atoms. The summed E-state index contributed by atoms with van der Waals surface area (Å²) < 4.78 is 8.01. The zero-order valence-electron chi connectivity index (χ0n) is 16.8. The van der Waals surface area contributed by atoms with Gasteiger partial charge in [0.05, 0.1) is 12.1 Å². The zero-order chi connectivity index (χ0) is 19.5. The number of carbonyl (C=O) groups excluding carboxylic acids is 1. The maximum absolute atomic E-state index is 13.1. The number of rotatable bonds is 5. The summed E-state index contributed by atoms with van der Waals surface area (Å²) in [6.07, 6.45) is 12.7. The van der Waals surface area contributed by atoms with Crippen molar-refractivity contribution in [3.05, 3.63) is 36.3 Å². The fourth-order valence-electron chi connectivity index (χ4n) is 7.13. The van der Waals surface area contributed by atoms with Gasteiger partial charge in [-0.3, -0.25) is 9.69 Å². The van der Waals surface area contributed by atoms with Gasteiger partial charge < -0.3 is 9.73 Å². The van der Waals surface area contributed by atoms with Gasteiger partial charge in [-0.05, 0) is 88.4 Å². The van der Waals surface area contributed by atoms with Crippen molar-refractivity contribution in [2.45, 2.75) is 69.0 Å². The van der Waals surface area contributed by atoms with Crippen LogP contribution in [-0.2, 0) is 12.1 Å². The molecule has 4 bridgehead atoms. The summed E-state index contributed by atoms with van der Waals surface area (Å²) in [6.45, 7) is 3.05. The normalized spacial score (nSPS) is 36.0. The Balaban J connectivity index is 1.21. The van der Waals surface area contributed by atoms with Gasteiger partial charge >= 0.3 is 0 Å². The molecule has 2 aromatic heterocycles. The van der Waals surface area contributed by atoms with Gasteiger partial charge in [0, 0.05) is 5.54 Å². The molecule has 2 atom stereocenters. The second kappa shape index (κ2) is 6.42. The van der Waals surface area contributed by atoms with Crippen LogP contribution in [0, 0.1) is 11.8 Å². The number of nitrogens with one attached hydrogen (secondary N) is 1. The Bertz CT molecular complexity index is 884. The lowest BCUT2D eigenvalue weighted by Gasteiger charge is -2.61. The van der Waals surface area contributed by atoms with Crippen LogP contribution >= 0.6 is 0 Å². The van der Waals surface area contributed by atoms with Crippen LogP contribution < -0.4 is 5.32 Å². The topological polar surface area (TPSA) is 76.2 Å². The smallest absolute Gasteiger partial charge is 0.287 e. The molecule has 1 aliphatic heterocycles. The van der Waals surface area contributed by atoms with E-state index in [1.165, 1.54) is 19.3 Å². The number of likely N-dealkylation sites (tertiary alicyclic amines) is 1. The van der Waals surface area contributed by atoms with E-state index in [4.69, 9.17) is 4.42 Å². The molecule has 0 radical (unpaired) electrons. The number of carbonyl (C=O) groups is 1. The van der Waals surface area contributed by atoms with Crippen molar-refractivity contribution in [3.63, 3.8) is 0 Å². The van der Waals surface area contributed by atoms with Gasteiger partial charge in [-0.2, -0.15) is 5.10 Å². The van der Waals surface area contributed by atoms with Crippen molar-refractivity contribution >= 4 is 5.91 Å². The molecule has 0 spiro atoms. The number of hydrogen-bond acceptors (Lipinski definition) is 5. The molecular formula is C22H29N5O2. The monoisotopic (exact) mass is 395 g/mol. The van der Waals surface area contributed by atoms with Crippen molar-refractivity contribution < 1.29 is 9.21 Å². The molecule has 2 aromatic rings. The largest absolute Gasteiger partial charge is 0.455 e. The Hall–Kier alpha value is -2.15. The molecule has 154 valence electrons. The van der Waals surface area contributed by atoms with E-state index < -0.39 is 0 Å². The SMILES string of the molecule is O=C(NC12CC3CC(C1)CC(n1cncn1)(C3)C2)c1ccc(CN2CCCC2)o1. The van der Waals surface area contributed by atoms with Crippen LogP contribution in [0.5, 0.6) is 0 Å². The molecule has 1 N–H and O–H groups in total. The van der Waals surface area contributed by atoms with Crippen molar-refractivity contribution in [1.82, 2.24) is 25.0 Å². The van der Waals surface area contributed by atoms with Crippen molar-refractivity contribution in [2.24, 2.45) is 11.8 Å². The number of hydrogen-bond donors (Lipinski definition) is 1. The molecule has 5 fully saturated rings. The lowest BCUT2D eigenvalue weighted by Crippen LogP contribution is -2.65. The first-order valence-electron chi connectivity index (χ1n) is 11.1. The van der Waals surface area contributed by atoms with E-state index in [0.29, 0.717) is 17.6 Å². The van der Waals surface area contributed by atoms with E-state index >= 15 is 0 Å². The van der Waals surface area contributed by atoms with Crippen molar-refractivity contribution in [1.29, 1.82) is 0 Å². The Morgan fingerprint density at radius 1 is 1.17 bits per heavy atom. The van der Waals surface area contributed by atoms with Crippen LogP contribution in [0.15, 0.2) is 29.2 Å². The lowest BCUT2D eigenvalue weighted by atomic mass is 9.50. The molecule has 7 heteroatoms. The fourth-order valence-corrected chi connectivity index (χ4v) is 7.13. The van der Waals surface area contributed by atoms with Gasteiger partial charge in [-0.25, -0.2) is 9.67 Å². The molecule has 3 heterocycles. The summed E-state index contributed by atoms with van der Waals surface area (Å²) in [4.78, 5) is 19.7. The third-order valence-corrected chi connectivity index (χ3v) is 7.78. The average molecular weight is 396 g/mol. The summed E-state index contributed by atoms with van der Waals surface area (Å²) in [7, 11) is 0. The molecule has 5 aliphatic rings. The number of aromatic nitrogens is 3. The molecule has 1 saturated heterocycles. The standard InChI is InChI=1S/C22H29N5O2/c28-20(19-4-3-18(29-19)12-26-5-1-2-6-26)25-21-8-16-7-17(9-21)11-22(10-16,13-21)27-15-23-14-24-27/h3-4,14-17H,1-2,5-13H2,(H,25,28). The van der Waals surface area contributed by atoms with Crippen LogP contribution in [0.4, 0.5) is 0 Å². The third kappa shape index (κ3) is 3.01. The predicted octanol–water partition coefficient (Wildman–Crippen LogP) is 2.94. The molecule has 4 aliphatic carbocycles. The zero-order valence-corrected chi connectivity index (χ0v) is 16.8. The maximum Gasteiger partial charge on any atom is 0.287 e. The number of furan rings is 1. The first kappa shape index (κ1) is 17.7. The second-order valence-electron chi connectivity index (χ2n) is 10.0. The Labute approximate surface area is 170 Å². The summed E-state index contributed by atoms with van der Waals surface area (Å²) in [5.41, 5.74) is -0.132. The highest BCUT2D eigenvalue weighted by atomic mass is 16.4. The van der Waals surface area contributed by atoms with Crippen molar-refractivity contribution in [2.75, 3.05) is 13.1 Å². The molecule has 4 saturated carbocycles. The van der Waals surface area contributed by atoms with Crippen LogP contribution in [0.3, 0.4) is 0 Å². The Kier molecular flexibility index (Phi) is 3.92. The second-order valence-corrected chi connectivity index (χ2v) is 10.0. The average Bonchev–Trinajstić information content (AvgIpc) is 3.44. The third-order valence-electron chi connectivity index (χ3n) is 7.78. The Morgan fingerprint density at radius 3 is 2.69 bits per heavy atom. The summed E-state index contributed by atoms with van der Waals surface area (Å²) in [5, 5.41) is 7.92. The lowest BCUT2D eigenvalue weighted by molar-refractivity contribution is -0.0746. The molecule has 2 unspecified atom stereocenters. The first-order chi connectivity index (χ1) is 14.1. The van der Waals surface area contributed by atoms with E-state index in [2.05, 4.69) is 25.0 Å². The van der Waals surface area contributed by atoms with Gasteiger partial charge in [0.15, 0.2) is 5.76 Å². The Morgan fingerprint density at radius 2 is 1.97 bits per heavy atom. The highest BCUT2D eigenvalue weighted by molar-refractivity contribution is 5.92. The van der Waals surface area contributed by atoms with Gasteiger partial charge in [-0.1, -0.05) is 0 Å². The van der Waals surface area contributed by atoms with Crippen LogP contribution in [0.1, 0.15) is 67.7 Å². The number of amides is 1. The minimum atomic E-state index is -0.144. The highest BCUT2D eigenvalue weighted by Gasteiger charge is 2.59. The molecule has 7 nitrogen and oxygen atoms in total. The van der Waals surface area contributed by atoms with E-state index in [9.17, 15) is 4.79 Å². The summed E-state index contributed by atoms with van der Waals surface area (Å²) in [6, 6.07) is 3.80. The molecular weight excluding hydrogens is 366 g/mol. The summed E-state index contributed by atoms with van der Waals surface area (Å²) >= 11 is 0. The van der Waals surface area contributed by atoms with Gasteiger partial charge in [0.25, 0.3) is 5.91 Å². The van der Waals surface area contributed by atoms with Gasteiger partial charge in [0.2, 0.25) is 0 Å². The van der Waals surface area contributed by atoms with E-state index in [0.717, 1.165) is 57.5 Å². The predicted molar refractivity (Wildman–Crippen MR) is 106 cm³/mol. The highest BCUT2D eigenvalue weighted by Crippen LogP contribution is 2.60. The van der Waals surface area contributed by atoms with Crippen molar-refractivity contribution in [3.8, 4) is 0 Å². The van der Waals surface area contributed by atoms with E-state index in [-0.39, 0.29) is 17.0 Å². The minimum absolute atomic E-state index is 0.0118. The fraction of sp³-hybridized carbons (Fsp3) is 0.682. The van der Waals surface area contributed by atoms with E-state index in [1.807, 2.05) is 18.5 Å². The molecule has 0 aromatic carbocycles. The minimum Gasteiger partial charge on any atom is -0.455 e. The van der Waals surface area contributed by atoms with Gasteiger partial charge in [0.1, 0.15) is 18.4 Å². The quantitative estimate of drug-likeness (QED) is 0.842. The van der Waals surface area contributed by atoms with Crippen LogP contribution in [0.25, 0.3) is 0 Å². The maximum atomic E-state index is 13.1. The van der Waals surface area contributed by atoms with E-state index in [1.54, 1.807) is 6.33 Å². The molecule has 7 rings (SSSR count).